The lowest BCUT2D eigenvalue weighted by atomic mass is 10.2. The van der Waals surface area contributed by atoms with Crippen LogP contribution in [-0.4, -0.2) is 46.2 Å². The molecule has 1 saturated carbocycles. The molecule has 0 aromatic carbocycles. The van der Waals surface area contributed by atoms with Gasteiger partial charge in [0.2, 0.25) is 0 Å². The van der Waals surface area contributed by atoms with Crippen LogP contribution in [0.4, 0.5) is 0 Å². The molecule has 0 radical (unpaired) electrons. The molecule has 2 fully saturated rings. The number of H-pyrrole nitrogens is 1. The Morgan fingerprint density at radius 1 is 1.37 bits per heavy atom. The van der Waals surface area contributed by atoms with Gasteiger partial charge in [-0.3, -0.25) is 9.59 Å². The maximum Gasteiger partial charge on any atom is 0.274 e. The Balaban J connectivity index is 1.73. The number of hydrogen-bond donors (Lipinski definition) is 2. The molecule has 2 N–H and O–H groups in total. The van der Waals surface area contributed by atoms with Gasteiger partial charge < -0.3 is 10.2 Å². The van der Waals surface area contributed by atoms with Crippen molar-refractivity contribution in [3.05, 3.63) is 28.2 Å². The normalized spacial score (nSPS) is 22.4. The first-order valence-corrected chi connectivity index (χ1v) is 6.84. The van der Waals surface area contributed by atoms with Gasteiger partial charge in [0, 0.05) is 24.7 Å². The monoisotopic (exact) mass is 262 g/mol. The average Bonchev–Trinajstić information content (AvgIpc) is 3.13. The van der Waals surface area contributed by atoms with E-state index in [9.17, 15) is 9.59 Å². The van der Waals surface area contributed by atoms with Crippen LogP contribution in [0.1, 0.15) is 36.2 Å². The fourth-order valence-corrected chi connectivity index (χ4v) is 2.54. The summed E-state index contributed by atoms with van der Waals surface area (Å²) in [6.45, 7) is 1.78. The van der Waals surface area contributed by atoms with Crippen LogP contribution in [0.5, 0.6) is 0 Å². The lowest BCUT2D eigenvalue weighted by Crippen LogP contribution is -2.42. The van der Waals surface area contributed by atoms with E-state index >= 15 is 0 Å². The molecule has 6 nitrogen and oxygen atoms in total. The summed E-state index contributed by atoms with van der Waals surface area (Å²) in [6, 6.07) is 3.59. The third kappa shape index (κ3) is 2.84. The number of aromatic amines is 1. The highest BCUT2D eigenvalue weighted by molar-refractivity contribution is 5.92. The highest BCUT2D eigenvalue weighted by atomic mass is 16.2. The van der Waals surface area contributed by atoms with Crippen molar-refractivity contribution >= 4 is 5.91 Å². The van der Waals surface area contributed by atoms with Gasteiger partial charge in [0.05, 0.1) is 0 Å². The van der Waals surface area contributed by atoms with Crippen LogP contribution in [-0.2, 0) is 0 Å². The first-order valence-electron chi connectivity index (χ1n) is 6.84. The summed E-state index contributed by atoms with van der Waals surface area (Å²) in [5.41, 5.74) is 0.0384. The zero-order chi connectivity index (χ0) is 13.2. The Morgan fingerprint density at radius 2 is 2.21 bits per heavy atom. The largest absolute Gasteiger partial charge is 0.333 e. The lowest BCUT2D eigenvalue weighted by Gasteiger charge is -2.25. The van der Waals surface area contributed by atoms with Gasteiger partial charge >= 0.3 is 0 Å². The van der Waals surface area contributed by atoms with Crippen molar-refractivity contribution in [1.82, 2.24) is 20.4 Å². The van der Waals surface area contributed by atoms with Gasteiger partial charge in [0.1, 0.15) is 5.69 Å². The number of carbonyl (C=O) groups excluding carboxylic acids is 1. The van der Waals surface area contributed by atoms with Crippen molar-refractivity contribution in [1.29, 1.82) is 0 Å². The van der Waals surface area contributed by atoms with Crippen LogP contribution >= 0.6 is 0 Å². The predicted molar refractivity (Wildman–Crippen MR) is 69.9 cm³/mol. The Morgan fingerprint density at radius 3 is 2.79 bits per heavy atom. The van der Waals surface area contributed by atoms with Gasteiger partial charge in [-0.15, -0.1) is 0 Å². The minimum absolute atomic E-state index is 0.0764. The smallest absolute Gasteiger partial charge is 0.274 e. The standard InChI is InChI=1S/C13H18N4O2/c18-12-6-5-11(15-16-12)13(19)17(10-3-4-10)8-9-2-1-7-14-9/h5-6,9-10,14H,1-4,7-8H2,(H,16,18). The van der Waals surface area contributed by atoms with Crippen molar-refractivity contribution in [2.24, 2.45) is 0 Å². The minimum atomic E-state index is -0.285. The molecule has 1 atom stereocenters. The Kier molecular flexibility index (Phi) is 3.33. The molecule has 6 heteroatoms. The van der Waals surface area contributed by atoms with Crippen LogP contribution in [0, 0.1) is 0 Å². The summed E-state index contributed by atoms with van der Waals surface area (Å²) in [7, 11) is 0. The molecule has 1 saturated heterocycles. The average molecular weight is 262 g/mol. The fraction of sp³-hybridized carbons (Fsp3) is 0.615. The molecule has 3 rings (SSSR count). The van der Waals surface area contributed by atoms with E-state index in [0.29, 0.717) is 17.8 Å². The molecule has 2 aliphatic rings. The fourth-order valence-electron chi connectivity index (χ4n) is 2.54. The number of rotatable bonds is 4. The van der Waals surface area contributed by atoms with E-state index in [2.05, 4.69) is 15.5 Å². The number of hydrogen-bond acceptors (Lipinski definition) is 4. The quantitative estimate of drug-likeness (QED) is 0.808. The highest BCUT2D eigenvalue weighted by Crippen LogP contribution is 2.28. The van der Waals surface area contributed by atoms with E-state index in [1.165, 1.54) is 18.6 Å². The molecule has 0 bridgehead atoms. The third-order valence-electron chi connectivity index (χ3n) is 3.73. The molecule has 19 heavy (non-hydrogen) atoms. The van der Waals surface area contributed by atoms with Gasteiger partial charge in [-0.1, -0.05) is 0 Å². The molecule has 1 amide bonds. The van der Waals surface area contributed by atoms with Gasteiger partial charge in [-0.05, 0) is 38.3 Å². The molecule has 1 aromatic rings. The number of nitrogens with zero attached hydrogens (tertiary/aromatic N) is 2. The zero-order valence-corrected chi connectivity index (χ0v) is 10.8. The Labute approximate surface area is 111 Å². The van der Waals surface area contributed by atoms with Gasteiger partial charge in [-0.2, -0.15) is 5.10 Å². The van der Waals surface area contributed by atoms with Crippen LogP contribution in [0.25, 0.3) is 0 Å². The van der Waals surface area contributed by atoms with Crippen LogP contribution in [0.2, 0.25) is 0 Å². The maximum atomic E-state index is 12.4. The molecular weight excluding hydrogens is 244 g/mol. The van der Waals surface area contributed by atoms with E-state index in [1.807, 2.05) is 4.90 Å². The number of nitrogens with one attached hydrogen (secondary N) is 2. The van der Waals surface area contributed by atoms with E-state index in [0.717, 1.165) is 32.4 Å². The predicted octanol–water partition coefficient (Wildman–Crippen LogP) is 0.126. The van der Waals surface area contributed by atoms with Crippen LogP contribution in [0.15, 0.2) is 16.9 Å². The van der Waals surface area contributed by atoms with E-state index in [1.54, 1.807) is 0 Å². The molecule has 2 heterocycles. The zero-order valence-electron chi connectivity index (χ0n) is 10.8. The molecule has 1 aromatic heterocycles. The van der Waals surface area contributed by atoms with Gasteiger partial charge in [0.25, 0.3) is 11.5 Å². The summed E-state index contributed by atoms with van der Waals surface area (Å²) >= 11 is 0. The summed E-state index contributed by atoms with van der Waals surface area (Å²) in [5, 5.41) is 9.57. The summed E-state index contributed by atoms with van der Waals surface area (Å²) < 4.78 is 0. The first kappa shape index (κ1) is 12.3. The van der Waals surface area contributed by atoms with Crippen molar-refractivity contribution in [3.8, 4) is 0 Å². The molecular formula is C13H18N4O2. The molecule has 1 unspecified atom stereocenters. The molecule has 1 aliphatic heterocycles. The molecule has 1 aliphatic carbocycles. The second kappa shape index (κ2) is 5.13. The number of amides is 1. The molecule has 0 spiro atoms. The van der Waals surface area contributed by atoms with Crippen LogP contribution < -0.4 is 10.9 Å². The summed E-state index contributed by atoms with van der Waals surface area (Å²) in [4.78, 5) is 25.3. The third-order valence-corrected chi connectivity index (χ3v) is 3.73. The SMILES string of the molecule is O=C(c1ccc(=O)[nH]n1)N(CC1CCCN1)C1CC1. The minimum Gasteiger partial charge on any atom is -0.333 e. The van der Waals surface area contributed by atoms with E-state index < -0.39 is 0 Å². The second-order valence-corrected chi connectivity index (χ2v) is 5.29. The van der Waals surface area contributed by atoms with Gasteiger partial charge in [-0.25, -0.2) is 5.10 Å². The van der Waals surface area contributed by atoms with Crippen molar-refractivity contribution in [2.75, 3.05) is 13.1 Å². The second-order valence-electron chi connectivity index (χ2n) is 5.29. The number of carbonyl (C=O) groups is 1. The van der Waals surface area contributed by atoms with Crippen molar-refractivity contribution in [3.63, 3.8) is 0 Å². The highest BCUT2D eigenvalue weighted by Gasteiger charge is 2.35. The number of aromatic nitrogens is 2. The first-order chi connectivity index (χ1) is 9.24. The maximum absolute atomic E-state index is 12.4. The Hall–Kier alpha value is -1.69. The van der Waals surface area contributed by atoms with Crippen molar-refractivity contribution in [2.45, 2.75) is 37.8 Å². The lowest BCUT2D eigenvalue weighted by molar-refractivity contribution is 0.0721. The summed E-state index contributed by atoms with van der Waals surface area (Å²) in [5.74, 6) is -0.0764. The van der Waals surface area contributed by atoms with Crippen molar-refractivity contribution < 1.29 is 4.79 Å². The summed E-state index contributed by atoms with van der Waals surface area (Å²) in [6.07, 6.45) is 4.44. The van der Waals surface area contributed by atoms with Crippen LogP contribution in [0.3, 0.4) is 0 Å². The molecule has 102 valence electrons. The van der Waals surface area contributed by atoms with E-state index in [-0.39, 0.29) is 11.5 Å². The Bertz CT molecular complexity index is 497. The topological polar surface area (TPSA) is 78.1 Å². The van der Waals surface area contributed by atoms with Gasteiger partial charge in [0.15, 0.2) is 0 Å². The van der Waals surface area contributed by atoms with E-state index in [4.69, 9.17) is 0 Å².